The maximum atomic E-state index is 11.1. The van der Waals surface area contributed by atoms with E-state index in [2.05, 4.69) is 4.98 Å². The molecule has 0 saturated carbocycles. The van der Waals surface area contributed by atoms with E-state index < -0.39 is 0 Å². The molecule has 0 aromatic carbocycles. The zero-order valence-corrected chi connectivity index (χ0v) is 8.28. The third-order valence-electron chi connectivity index (χ3n) is 1.79. The number of aryl methyl sites for hydroxylation is 1. The second-order valence-electron chi connectivity index (χ2n) is 2.94. The second kappa shape index (κ2) is 4.60. The van der Waals surface area contributed by atoms with Gasteiger partial charge in [0.15, 0.2) is 0 Å². The van der Waals surface area contributed by atoms with Crippen LogP contribution in [0.3, 0.4) is 0 Å². The molecule has 1 rings (SSSR count). The highest BCUT2D eigenvalue weighted by atomic mass is 16.5. The van der Waals surface area contributed by atoms with Crippen LogP contribution in [0.5, 0.6) is 5.75 Å². The molecule has 0 amide bonds. The van der Waals surface area contributed by atoms with Crippen LogP contribution >= 0.6 is 0 Å². The highest BCUT2D eigenvalue weighted by molar-refractivity contribution is 5.72. The minimum absolute atomic E-state index is 0.107. The summed E-state index contributed by atoms with van der Waals surface area (Å²) in [5.74, 6) is -0.191. The number of aromatic nitrogens is 1. The molecular weight excluding hydrogens is 182 g/mol. The Kier molecular flexibility index (Phi) is 3.45. The number of hydrogen-bond acceptors (Lipinski definition) is 4. The quantitative estimate of drug-likeness (QED) is 0.736. The molecule has 0 aliphatic heterocycles. The normalized spacial score (nSPS) is 9.86. The van der Waals surface area contributed by atoms with Crippen LogP contribution in [-0.2, 0) is 16.0 Å². The molecule has 0 aliphatic carbocycles. The van der Waals surface area contributed by atoms with E-state index >= 15 is 0 Å². The van der Waals surface area contributed by atoms with Crippen LogP contribution in [0.15, 0.2) is 12.3 Å². The summed E-state index contributed by atoms with van der Waals surface area (Å²) >= 11 is 0. The third kappa shape index (κ3) is 2.73. The Morgan fingerprint density at radius 1 is 1.64 bits per heavy atom. The van der Waals surface area contributed by atoms with Crippen molar-refractivity contribution in [2.75, 3.05) is 6.61 Å². The van der Waals surface area contributed by atoms with Gasteiger partial charge in [-0.3, -0.25) is 9.78 Å². The molecule has 0 atom stereocenters. The first-order valence-electron chi connectivity index (χ1n) is 4.43. The molecule has 76 valence electrons. The third-order valence-corrected chi connectivity index (χ3v) is 1.79. The van der Waals surface area contributed by atoms with Gasteiger partial charge in [-0.25, -0.2) is 0 Å². The van der Waals surface area contributed by atoms with Crippen LogP contribution in [-0.4, -0.2) is 22.7 Å². The van der Waals surface area contributed by atoms with Crippen molar-refractivity contribution in [1.29, 1.82) is 0 Å². The number of carbonyl (C=O) groups excluding carboxylic acids is 1. The van der Waals surface area contributed by atoms with E-state index in [1.807, 2.05) is 0 Å². The van der Waals surface area contributed by atoms with Crippen LogP contribution in [0.2, 0.25) is 0 Å². The molecule has 0 spiro atoms. The lowest BCUT2D eigenvalue weighted by molar-refractivity contribution is -0.142. The van der Waals surface area contributed by atoms with Gasteiger partial charge in [0.2, 0.25) is 0 Å². The maximum absolute atomic E-state index is 11.1. The van der Waals surface area contributed by atoms with Crippen LogP contribution in [0.1, 0.15) is 18.2 Å². The summed E-state index contributed by atoms with van der Waals surface area (Å²) in [4.78, 5) is 15.1. The summed E-state index contributed by atoms with van der Waals surface area (Å²) in [5, 5.41) is 9.10. The summed E-state index contributed by atoms with van der Waals surface area (Å²) in [7, 11) is 0. The first kappa shape index (κ1) is 10.5. The molecule has 1 aromatic heterocycles. The molecule has 0 radical (unpaired) electrons. The van der Waals surface area contributed by atoms with Gasteiger partial charge in [-0.1, -0.05) is 0 Å². The summed E-state index contributed by atoms with van der Waals surface area (Å²) in [5.41, 5.74) is 1.43. The Hall–Kier alpha value is -1.58. The Balaban J connectivity index is 2.72. The predicted octanol–water partition coefficient (Wildman–Crippen LogP) is 1.20. The average Bonchev–Trinajstić information content (AvgIpc) is 2.10. The topological polar surface area (TPSA) is 59.4 Å². The number of nitrogens with zero attached hydrogens (tertiary/aromatic N) is 1. The summed E-state index contributed by atoms with van der Waals surface area (Å²) in [6.45, 7) is 3.92. The number of ether oxygens (including phenoxy) is 1. The van der Waals surface area contributed by atoms with Crippen molar-refractivity contribution in [3.63, 3.8) is 0 Å². The highest BCUT2D eigenvalue weighted by Gasteiger charge is 2.08. The molecule has 14 heavy (non-hydrogen) atoms. The van der Waals surface area contributed by atoms with Crippen LogP contribution in [0, 0.1) is 6.92 Å². The van der Waals surface area contributed by atoms with Crippen molar-refractivity contribution in [2.24, 2.45) is 0 Å². The van der Waals surface area contributed by atoms with Gasteiger partial charge in [-0.15, -0.1) is 0 Å². The van der Waals surface area contributed by atoms with E-state index in [9.17, 15) is 4.79 Å². The summed E-state index contributed by atoms with van der Waals surface area (Å²) < 4.78 is 4.79. The van der Waals surface area contributed by atoms with Crippen molar-refractivity contribution in [2.45, 2.75) is 20.3 Å². The van der Waals surface area contributed by atoms with Crippen LogP contribution in [0.4, 0.5) is 0 Å². The van der Waals surface area contributed by atoms with E-state index in [-0.39, 0.29) is 18.1 Å². The zero-order valence-electron chi connectivity index (χ0n) is 8.28. The molecule has 1 heterocycles. The van der Waals surface area contributed by atoms with Crippen LogP contribution < -0.4 is 0 Å². The number of pyridine rings is 1. The number of rotatable bonds is 3. The average molecular weight is 195 g/mol. The van der Waals surface area contributed by atoms with E-state index in [1.54, 1.807) is 19.9 Å². The lowest BCUT2D eigenvalue weighted by Gasteiger charge is -2.04. The fraction of sp³-hybridized carbons (Fsp3) is 0.400. The van der Waals surface area contributed by atoms with Gasteiger partial charge in [0, 0.05) is 0 Å². The Labute approximate surface area is 82.5 Å². The fourth-order valence-electron chi connectivity index (χ4n) is 1.12. The molecule has 0 fully saturated rings. The molecule has 4 nitrogen and oxygen atoms in total. The van der Waals surface area contributed by atoms with Gasteiger partial charge in [-0.2, -0.15) is 0 Å². The molecule has 1 N–H and O–H groups in total. The maximum Gasteiger partial charge on any atom is 0.311 e. The number of esters is 1. The lowest BCUT2D eigenvalue weighted by atomic mass is 10.1. The van der Waals surface area contributed by atoms with Gasteiger partial charge < -0.3 is 9.84 Å². The van der Waals surface area contributed by atoms with E-state index in [4.69, 9.17) is 9.84 Å². The van der Waals surface area contributed by atoms with E-state index in [1.165, 1.54) is 6.20 Å². The molecule has 0 unspecified atom stereocenters. The fourth-order valence-corrected chi connectivity index (χ4v) is 1.12. The van der Waals surface area contributed by atoms with Crippen molar-refractivity contribution >= 4 is 5.97 Å². The van der Waals surface area contributed by atoms with Gasteiger partial charge >= 0.3 is 5.97 Å². The first-order chi connectivity index (χ1) is 6.63. The summed E-state index contributed by atoms with van der Waals surface area (Å²) in [6.07, 6.45) is 1.47. The van der Waals surface area contributed by atoms with Crippen LogP contribution in [0.25, 0.3) is 0 Å². The van der Waals surface area contributed by atoms with Crippen molar-refractivity contribution in [3.8, 4) is 5.75 Å². The number of hydrogen-bond donors (Lipinski definition) is 1. The van der Waals surface area contributed by atoms with E-state index in [0.717, 1.165) is 5.56 Å². The number of carbonyl (C=O) groups is 1. The largest absolute Gasteiger partial charge is 0.506 e. The highest BCUT2D eigenvalue weighted by Crippen LogP contribution is 2.13. The predicted molar refractivity (Wildman–Crippen MR) is 51.0 cm³/mol. The Bertz CT molecular complexity index is 336. The molecule has 1 aromatic rings. The van der Waals surface area contributed by atoms with Crippen molar-refractivity contribution in [3.05, 3.63) is 23.5 Å². The Morgan fingerprint density at radius 2 is 2.36 bits per heavy atom. The Morgan fingerprint density at radius 3 is 2.93 bits per heavy atom. The smallest absolute Gasteiger partial charge is 0.311 e. The number of aromatic hydroxyl groups is 1. The molecule has 4 heteroatoms. The lowest BCUT2D eigenvalue weighted by Crippen LogP contribution is -2.09. The van der Waals surface area contributed by atoms with Gasteiger partial charge in [0.1, 0.15) is 5.75 Å². The second-order valence-corrected chi connectivity index (χ2v) is 2.94. The zero-order chi connectivity index (χ0) is 10.6. The first-order valence-corrected chi connectivity index (χ1v) is 4.43. The molecule has 0 bridgehead atoms. The van der Waals surface area contributed by atoms with Gasteiger partial charge in [-0.05, 0) is 25.5 Å². The standard InChI is InChI=1S/C10H13NO3/c1-3-14-10(13)5-9-7(2)4-8(12)6-11-9/h4,6,12H,3,5H2,1-2H3. The van der Waals surface area contributed by atoms with E-state index in [0.29, 0.717) is 12.3 Å². The van der Waals surface area contributed by atoms with Gasteiger partial charge in [0.05, 0.1) is 24.9 Å². The molecule has 0 saturated heterocycles. The molecule has 0 aliphatic rings. The minimum atomic E-state index is -0.297. The minimum Gasteiger partial charge on any atom is -0.506 e. The summed E-state index contributed by atoms with van der Waals surface area (Å²) in [6, 6.07) is 1.57. The molecular formula is C10H13NO3. The monoisotopic (exact) mass is 195 g/mol. The van der Waals surface area contributed by atoms with Crippen molar-refractivity contribution < 1.29 is 14.6 Å². The SMILES string of the molecule is CCOC(=O)Cc1ncc(O)cc1C. The van der Waals surface area contributed by atoms with Crippen molar-refractivity contribution in [1.82, 2.24) is 4.98 Å². The van der Waals surface area contributed by atoms with Gasteiger partial charge in [0.25, 0.3) is 0 Å².